The molecule has 48 heavy (non-hydrogen) atoms. The lowest BCUT2D eigenvalue weighted by molar-refractivity contribution is 0.639. The third-order valence-electron chi connectivity index (χ3n) is 9.80. The zero-order valence-corrected chi connectivity index (χ0v) is 27.8. The van der Waals surface area contributed by atoms with Crippen LogP contribution >= 0.6 is 11.3 Å². The number of para-hydroxylation sites is 3. The number of hydrogen-bond acceptors (Lipinski definition) is 3. The Hall–Kier alpha value is -5.64. The second-order valence-electron chi connectivity index (χ2n) is 13.0. The van der Waals surface area contributed by atoms with E-state index in [1.165, 1.54) is 59.5 Å². The molecule has 0 N–H and O–H groups in total. The van der Waals surface area contributed by atoms with E-state index in [9.17, 15) is 0 Å². The highest BCUT2D eigenvalue weighted by atomic mass is 32.1. The molecular weight excluding hydrogens is 601 g/mol. The van der Waals surface area contributed by atoms with E-state index >= 15 is 0 Å². The monoisotopic (exact) mass is 634 g/mol. The molecule has 0 bridgehead atoms. The summed E-state index contributed by atoms with van der Waals surface area (Å²) in [7, 11) is 0. The van der Waals surface area contributed by atoms with E-state index in [0.717, 1.165) is 17.1 Å². The summed E-state index contributed by atoms with van der Waals surface area (Å²) in [6.07, 6.45) is 0. The van der Waals surface area contributed by atoms with Crippen LogP contribution in [0.25, 0.3) is 31.3 Å². The highest BCUT2D eigenvalue weighted by Crippen LogP contribution is 2.56. The van der Waals surface area contributed by atoms with E-state index in [4.69, 9.17) is 0 Å². The lowest BCUT2D eigenvalue weighted by Gasteiger charge is -2.42. The lowest BCUT2D eigenvalue weighted by atomic mass is 9.71. The van der Waals surface area contributed by atoms with Crippen LogP contribution < -0.4 is 9.80 Å². The zero-order valence-electron chi connectivity index (χ0n) is 27.0. The largest absolute Gasteiger partial charge is 0.311 e. The van der Waals surface area contributed by atoms with Gasteiger partial charge in [-0.05, 0) is 101 Å². The van der Waals surface area contributed by atoms with Gasteiger partial charge in [0.15, 0.2) is 0 Å². The SMILES string of the molecule is CC1(C)c2cc(-c3ccc(N(c4ccccc4)c4ccccc4)cc3)ccc2N(c2ccccc2)c2ccc3sc4ccccc4c3c21. The van der Waals surface area contributed by atoms with Crippen molar-refractivity contribution in [1.82, 2.24) is 0 Å². The van der Waals surface area contributed by atoms with Gasteiger partial charge in [-0.1, -0.05) is 105 Å². The summed E-state index contributed by atoms with van der Waals surface area (Å²) in [5.41, 5.74) is 12.0. The molecule has 0 unspecified atom stereocenters. The molecule has 1 aromatic heterocycles. The Morgan fingerprint density at radius 1 is 0.500 bits per heavy atom. The van der Waals surface area contributed by atoms with Crippen LogP contribution in [-0.2, 0) is 5.41 Å². The summed E-state index contributed by atoms with van der Waals surface area (Å²) >= 11 is 1.89. The molecule has 7 aromatic carbocycles. The van der Waals surface area contributed by atoms with Crippen molar-refractivity contribution in [1.29, 1.82) is 0 Å². The normalized spacial score (nSPS) is 13.3. The standard InChI is InChI=1S/C45H34N2S/c1-45(2)38-30-32(31-22-25-36(26-23-31)46(33-14-6-3-7-15-33)34-16-8-4-9-17-34)24-27-39(38)47(35-18-10-5-11-19-35)40-28-29-42-43(44(40)45)37-20-12-13-21-41(37)48-42/h3-30H,1-2H3. The van der Waals surface area contributed by atoms with E-state index in [1.54, 1.807) is 0 Å². The molecule has 1 aliphatic heterocycles. The molecule has 0 fully saturated rings. The van der Waals surface area contributed by atoms with Crippen LogP contribution in [0, 0.1) is 0 Å². The molecule has 0 radical (unpaired) electrons. The van der Waals surface area contributed by atoms with E-state index < -0.39 is 0 Å². The molecule has 1 aliphatic rings. The fourth-order valence-corrected chi connectivity index (χ4v) is 8.67. The molecular formula is C45H34N2S. The summed E-state index contributed by atoms with van der Waals surface area (Å²) in [5.74, 6) is 0. The summed E-state index contributed by atoms with van der Waals surface area (Å²) in [4.78, 5) is 4.77. The highest BCUT2D eigenvalue weighted by molar-refractivity contribution is 7.25. The Kier molecular flexibility index (Phi) is 6.70. The van der Waals surface area contributed by atoms with Crippen molar-refractivity contribution in [2.75, 3.05) is 9.80 Å². The molecule has 0 aliphatic carbocycles. The van der Waals surface area contributed by atoms with Gasteiger partial charge in [-0.15, -0.1) is 11.3 Å². The summed E-state index contributed by atoms with van der Waals surface area (Å²) in [6.45, 7) is 4.81. The van der Waals surface area contributed by atoms with Gasteiger partial charge in [0.05, 0.1) is 11.4 Å². The second-order valence-corrected chi connectivity index (χ2v) is 14.1. The number of hydrogen-bond donors (Lipinski definition) is 0. The molecule has 2 heterocycles. The van der Waals surface area contributed by atoms with Crippen LogP contribution in [-0.4, -0.2) is 0 Å². The minimum atomic E-state index is -0.229. The topological polar surface area (TPSA) is 6.48 Å². The number of benzene rings is 7. The summed E-state index contributed by atoms with van der Waals surface area (Å²) < 4.78 is 2.68. The molecule has 9 rings (SSSR count). The minimum Gasteiger partial charge on any atom is -0.311 e. The van der Waals surface area contributed by atoms with Crippen molar-refractivity contribution in [3.63, 3.8) is 0 Å². The number of thiophene rings is 1. The molecule has 8 aromatic rings. The van der Waals surface area contributed by atoms with Crippen molar-refractivity contribution in [2.45, 2.75) is 19.3 Å². The van der Waals surface area contributed by atoms with Crippen LogP contribution in [0.1, 0.15) is 25.0 Å². The van der Waals surface area contributed by atoms with Crippen molar-refractivity contribution >= 4 is 65.6 Å². The van der Waals surface area contributed by atoms with Gasteiger partial charge in [0.25, 0.3) is 0 Å². The quantitative estimate of drug-likeness (QED) is 0.186. The van der Waals surface area contributed by atoms with Crippen LogP contribution in [0.15, 0.2) is 170 Å². The Bertz CT molecular complexity index is 2370. The van der Waals surface area contributed by atoms with Crippen molar-refractivity contribution in [2.24, 2.45) is 0 Å². The third kappa shape index (κ3) is 4.54. The first-order valence-electron chi connectivity index (χ1n) is 16.5. The Morgan fingerprint density at radius 3 is 1.75 bits per heavy atom. The number of nitrogens with zero attached hydrogens (tertiary/aromatic N) is 2. The van der Waals surface area contributed by atoms with Gasteiger partial charge in [-0.25, -0.2) is 0 Å². The van der Waals surface area contributed by atoms with Gasteiger partial charge < -0.3 is 9.80 Å². The van der Waals surface area contributed by atoms with Crippen LogP contribution in [0.2, 0.25) is 0 Å². The van der Waals surface area contributed by atoms with Crippen LogP contribution in [0.5, 0.6) is 0 Å². The Balaban J connectivity index is 1.20. The van der Waals surface area contributed by atoms with E-state index in [1.807, 2.05) is 11.3 Å². The van der Waals surface area contributed by atoms with Crippen molar-refractivity contribution in [3.8, 4) is 11.1 Å². The highest BCUT2D eigenvalue weighted by Gasteiger charge is 2.39. The van der Waals surface area contributed by atoms with Gasteiger partial charge in [-0.3, -0.25) is 0 Å². The molecule has 0 spiro atoms. The molecule has 2 nitrogen and oxygen atoms in total. The third-order valence-corrected chi connectivity index (χ3v) is 10.9. The number of rotatable bonds is 5. The van der Waals surface area contributed by atoms with Gasteiger partial charge in [0, 0.05) is 48.3 Å². The summed E-state index contributed by atoms with van der Waals surface area (Å²) in [5, 5.41) is 2.72. The van der Waals surface area contributed by atoms with Crippen molar-refractivity contribution in [3.05, 3.63) is 181 Å². The molecule has 0 saturated carbocycles. The Morgan fingerprint density at radius 2 is 1.06 bits per heavy atom. The number of anilines is 6. The fourth-order valence-electron chi connectivity index (χ4n) is 7.56. The predicted octanol–water partition coefficient (Wildman–Crippen LogP) is 13.3. The molecule has 0 amide bonds. The maximum absolute atomic E-state index is 2.46. The first-order valence-corrected chi connectivity index (χ1v) is 17.3. The van der Waals surface area contributed by atoms with E-state index in [2.05, 4.69) is 194 Å². The maximum Gasteiger partial charge on any atom is 0.0509 e. The fraction of sp³-hybridized carbons (Fsp3) is 0.0667. The maximum atomic E-state index is 2.46. The molecule has 0 atom stereocenters. The van der Waals surface area contributed by atoms with E-state index in [-0.39, 0.29) is 5.41 Å². The lowest BCUT2D eigenvalue weighted by Crippen LogP contribution is -2.31. The minimum absolute atomic E-state index is 0.229. The van der Waals surface area contributed by atoms with Gasteiger partial charge in [-0.2, -0.15) is 0 Å². The molecule has 3 heteroatoms. The average Bonchev–Trinajstić information content (AvgIpc) is 3.52. The summed E-state index contributed by atoms with van der Waals surface area (Å²) in [6, 6.07) is 61.6. The predicted molar refractivity (Wildman–Crippen MR) is 206 cm³/mol. The van der Waals surface area contributed by atoms with Crippen LogP contribution in [0.4, 0.5) is 34.1 Å². The average molecular weight is 635 g/mol. The van der Waals surface area contributed by atoms with Crippen molar-refractivity contribution < 1.29 is 0 Å². The Labute approximate surface area is 285 Å². The second kappa shape index (κ2) is 11.3. The first-order chi connectivity index (χ1) is 23.6. The van der Waals surface area contributed by atoms with Gasteiger partial charge >= 0.3 is 0 Å². The first kappa shape index (κ1) is 28.6. The van der Waals surface area contributed by atoms with Gasteiger partial charge in [0.1, 0.15) is 0 Å². The zero-order chi connectivity index (χ0) is 32.2. The smallest absolute Gasteiger partial charge is 0.0509 e. The van der Waals surface area contributed by atoms with E-state index in [0.29, 0.717) is 0 Å². The molecule has 230 valence electrons. The van der Waals surface area contributed by atoms with Crippen LogP contribution in [0.3, 0.4) is 0 Å². The molecule has 0 saturated heterocycles. The van der Waals surface area contributed by atoms with Gasteiger partial charge in [0.2, 0.25) is 0 Å². The number of fused-ring (bicyclic) bond motifs is 6.